The van der Waals surface area contributed by atoms with Crippen molar-refractivity contribution in [2.45, 2.75) is 19.4 Å². The van der Waals surface area contributed by atoms with Gasteiger partial charge in [-0.1, -0.05) is 6.92 Å². The molecule has 1 N–H and O–H groups in total. The number of hydrogen-bond acceptors (Lipinski definition) is 4. The molecule has 4 nitrogen and oxygen atoms in total. The standard InChI is InChI=1S/C16H21NO3/c1-3-15(16-5-4-10-20-16)17-13-6-8-14(9-7-13)19-12-11-18-2/h4-10,15,17H,3,11-12H2,1-2H3. The molecule has 2 aromatic rings. The lowest BCUT2D eigenvalue weighted by Gasteiger charge is -2.16. The highest BCUT2D eigenvalue weighted by Gasteiger charge is 2.11. The summed E-state index contributed by atoms with van der Waals surface area (Å²) < 4.78 is 15.9. The Bertz CT molecular complexity index is 479. The van der Waals surface area contributed by atoms with Gasteiger partial charge in [0.2, 0.25) is 0 Å². The van der Waals surface area contributed by atoms with Gasteiger partial charge in [-0.05, 0) is 42.8 Å². The number of rotatable bonds is 8. The molecule has 0 fully saturated rings. The van der Waals surface area contributed by atoms with Gasteiger partial charge in [-0.3, -0.25) is 0 Å². The van der Waals surface area contributed by atoms with Gasteiger partial charge in [0.05, 0.1) is 18.9 Å². The number of benzene rings is 1. The zero-order valence-electron chi connectivity index (χ0n) is 12.0. The van der Waals surface area contributed by atoms with Crippen molar-refractivity contribution in [2.24, 2.45) is 0 Å². The highest BCUT2D eigenvalue weighted by molar-refractivity contribution is 5.47. The SMILES string of the molecule is CCC(Nc1ccc(OCCOC)cc1)c1ccco1. The lowest BCUT2D eigenvalue weighted by molar-refractivity contribution is 0.146. The number of methoxy groups -OCH3 is 1. The molecule has 1 atom stereocenters. The van der Waals surface area contributed by atoms with Gasteiger partial charge in [-0.2, -0.15) is 0 Å². The molecule has 1 aromatic carbocycles. The molecule has 0 saturated heterocycles. The molecule has 108 valence electrons. The molecule has 0 amide bonds. The van der Waals surface area contributed by atoms with Gasteiger partial charge in [0.15, 0.2) is 0 Å². The molecule has 0 bridgehead atoms. The third-order valence-corrected chi connectivity index (χ3v) is 3.05. The molecular formula is C16H21NO3. The van der Waals surface area contributed by atoms with Crippen molar-refractivity contribution in [3.8, 4) is 5.75 Å². The Hall–Kier alpha value is -1.94. The predicted molar refractivity (Wildman–Crippen MR) is 79.2 cm³/mol. The monoisotopic (exact) mass is 275 g/mol. The van der Waals surface area contributed by atoms with Crippen LogP contribution in [0, 0.1) is 0 Å². The molecule has 1 aromatic heterocycles. The fourth-order valence-corrected chi connectivity index (χ4v) is 1.96. The first-order valence-electron chi connectivity index (χ1n) is 6.85. The fourth-order valence-electron chi connectivity index (χ4n) is 1.96. The first-order chi connectivity index (χ1) is 9.83. The van der Waals surface area contributed by atoms with Crippen molar-refractivity contribution >= 4 is 5.69 Å². The second-order valence-corrected chi connectivity index (χ2v) is 4.49. The van der Waals surface area contributed by atoms with E-state index >= 15 is 0 Å². The van der Waals surface area contributed by atoms with Crippen LogP contribution in [-0.4, -0.2) is 20.3 Å². The minimum absolute atomic E-state index is 0.185. The molecule has 20 heavy (non-hydrogen) atoms. The zero-order chi connectivity index (χ0) is 14.2. The molecule has 4 heteroatoms. The summed E-state index contributed by atoms with van der Waals surface area (Å²) in [5, 5.41) is 3.45. The Kier molecular flexibility index (Phi) is 5.50. The Morgan fingerprint density at radius 1 is 1.15 bits per heavy atom. The largest absolute Gasteiger partial charge is 0.491 e. The summed E-state index contributed by atoms with van der Waals surface area (Å²) in [5.74, 6) is 1.80. The van der Waals surface area contributed by atoms with E-state index in [0.29, 0.717) is 13.2 Å². The normalized spacial score (nSPS) is 12.1. The van der Waals surface area contributed by atoms with Gasteiger partial charge in [-0.15, -0.1) is 0 Å². The summed E-state index contributed by atoms with van der Waals surface area (Å²) in [6.45, 7) is 3.28. The smallest absolute Gasteiger partial charge is 0.125 e. The number of ether oxygens (including phenoxy) is 2. The first-order valence-corrected chi connectivity index (χ1v) is 6.85. The van der Waals surface area contributed by atoms with Crippen LogP contribution in [0.1, 0.15) is 25.1 Å². The zero-order valence-corrected chi connectivity index (χ0v) is 12.0. The van der Waals surface area contributed by atoms with Crippen LogP contribution in [0.15, 0.2) is 47.1 Å². The average molecular weight is 275 g/mol. The highest BCUT2D eigenvalue weighted by Crippen LogP contribution is 2.24. The van der Waals surface area contributed by atoms with Crippen LogP contribution in [0.5, 0.6) is 5.75 Å². The van der Waals surface area contributed by atoms with Crippen LogP contribution in [0.2, 0.25) is 0 Å². The van der Waals surface area contributed by atoms with Crippen molar-refractivity contribution < 1.29 is 13.9 Å². The van der Waals surface area contributed by atoms with Crippen LogP contribution in [0.4, 0.5) is 5.69 Å². The number of nitrogens with one attached hydrogen (secondary N) is 1. The van der Waals surface area contributed by atoms with Crippen LogP contribution in [0.25, 0.3) is 0 Å². The minimum Gasteiger partial charge on any atom is -0.491 e. The number of hydrogen-bond donors (Lipinski definition) is 1. The van der Waals surface area contributed by atoms with Gasteiger partial charge in [0, 0.05) is 12.8 Å². The molecule has 2 rings (SSSR count). The van der Waals surface area contributed by atoms with Gasteiger partial charge in [0.1, 0.15) is 18.1 Å². The van der Waals surface area contributed by atoms with E-state index in [2.05, 4.69) is 12.2 Å². The van der Waals surface area contributed by atoms with E-state index in [-0.39, 0.29) is 6.04 Å². The topological polar surface area (TPSA) is 43.6 Å². The summed E-state index contributed by atoms with van der Waals surface area (Å²) >= 11 is 0. The maximum absolute atomic E-state index is 5.53. The van der Waals surface area contributed by atoms with E-state index in [1.54, 1.807) is 13.4 Å². The third kappa shape index (κ3) is 4.03. The van der Waals surface area contributed by atoms with E-state index in [0.717, 1.165) is 23.6 Å². The molecule has 0 spiro atoms. The summed E-state index contributed by atoms with van der Waals surface area (Å²) in [4.78, 5) is 0. The van der Waals surface area contributed by atoms with Gasteiger partial charge in [0.25, 0.3) is 0 Å². The predicted octanol–water partition coefficient (Wildman–Crippen LogP) is 3.87. The van der Waals surface area contributed by atoms with E-state index in [4.69, 9.17) is 13.9 Å². The highest BCUT2D eigenvalue weighted by atomic mass is 16.5. The van der Waals surface area contributed by atoms with Crippen molar-refractivity contribution in [1.29, 1.82) is 0 Å². The summed E-state index contributed by atoms with van der Waals surface area (Å²) in [6.07, 6.45) is 2.66. The molecule has 0 aliphatic rings. The van der Waals surface area contributed by atoms with E-state index in [1.807, 2.05) is 36.4 Å². The van der Waals surface area contributed by atoms with Gasteiger partial charge >= 0.3 is 0 Å². The summed E-state index contributed by atoms with van der Waals surface area (Å²) in [5.41, 5.74) is 1.05. The minimum atomic E-state index is 0.185. The fraction of sp³-hybridized carbons (Fsp3) is 0.375. The van der Waals surface area contributed by atoms with Crippen LogP contribution < -0.4 is 10.1 Å². The molecule has 1 heterocycles. The molecule has 0 aliphatic carbocycles. The van der Waals surface area contributed by atoms with Crippen LogP contribution >= 0.6 is 0 Å². The second-order valence-electron chi connectivity index (χ2n) is 4.49. The van der Waals surface area contributed by atoms with Crippen molar-refractivity contribution in [1.82, 2.24) is 0 Å². The van der Waals surface area contributed by atoms with Crippen LogP contribution in [0.3, 0.4) is 0 Å². The third-order valence-electron chi connectivity index (χ3n) is 3.05. The molecule has 1 unspecified atom stereocenters. The van der Waals surface area contributed by atoms with Gasteiger partial charge < -0.3 is 19.2 Å². The average Bonchev–Trinajstić information content (AvgIpc) is 3.00. The molecule has 0 saturated carbocycles. The van der Waals surface area contributed by atoms with E-state index in [9.17, 15) is 0 Å². The molecule has 0 aliphatic heterocycles. The quantitative estimate of drug-likeness (QED) is 0.743. The summed E-state index contributed by atoms with van der Waals surface area (Å²) in [7, 11) is 1.66. The maximum atomic E-state index is 5.53. The Morgan fingerprint density at radius 2 is 1.95 bits per heavy atom. The Balaban J connectivity index is 1.92. The van der Waals surface area contributed by atoms with E-state index < -0.39 is 0 Å². The lowest BCUT2D eigenvalue weighted by atomic mass is 10.1. The molecular weight excluding hydrogens is 254 g/mol. The Morgan fingerprint density at radius 3 is 2.55 bits per heavy atom. The summed E-state index contributed by atoms with van der Waals surface area (Å²) in [6, 6.07) is 12.0. The first kappa shape index (κ1) is 14.5. The van der Waals surface area contributed by atoms with Crippen molar-refractivity contribution in [2.75, 3.05) is 25.6 Å². The van der Waals surface area contributed by atoms with E-state index in [1.165, 1.54) is 0 Å². The Labute approximate surface area is 119 Å². The van der Waals surface area contributed by atoms with Crippen molar-refractivity contribution in [3.63, 3.8) is 0 Å². The second kappa shape index (κ2) is 7.60. The lowest BCUT2D eigenvalue weighted by Crippen LogP contribution is -2.08. The van der Waals surface area contributed by atoms with Gasteiger partial charge in [-0.25, -0.2) is 0 Å². The molecule has 0 radical (unpaired) electrons. The number of anilines is 1. The number of furan rings is 1. The van der Waals surface area contributed by atoms with Crippen LogP contribution in [-0.2, 0) is 4.74 Å². The van der Waals surface area contributed by atoms with Crippen molar-refractivity contribution in [3.05, 3.63) is 48.4 Å². The maximum Gasteiger partial charge on any atom is 0.125 e.